The van der Waals surface area contributed by atoms with E-state index in [2.05, 4.69) is 37.2 Å². The third-order valence-electron chi connectivity index (χ3n) is 6.09. The fourth-order valence-electron chi connectivity index (χ4n) is 4.32. The second-order valence-corrected chi connectivity index (χ2v) is 14.3. The number of fused-ring (bicyclic) bond motifs is 5. The minimum atomic E-state index is -1.81. The van der Waals surface area contributed by atoms with E-state index in [1.807, 2.05) is 18.2 Å². The largest absolute Gasteiger partial charge is 0.458 e. The number of ether oxygens (including phenoxy) is 1. The molecule has 1 atom stereocenters. The average molecular weight is 445 g/mol. The number of pyridine rings is 2. The van der Waals surface area contributed by atoms with Gasteiger partial charge in [0.25, 0.3) is 5.56 Å². The lowest BCUT2D eigenvalue weighted by molar-refractivity contribution is -0.172. The highest BCUT2D eigenvalue weighted by Crippen LogP contribution is 2.38. The zero-order valence-corrected chi connectivity index (χ0v) is 19.6. The summed E-state index contributed by atoms with van der Waals surface area (Å²) in [7, 11) is -1.48. The average Bonchev–Trinajstić information content (AvgIpc) is 3.11. The zero-order valence-electron chi connectivity index (χ0n) is 18.6. The van der Waals surface area contributed by atoms with Crippen LogP contribution in [0.5, 0.6) is 0 Å². The van der Waals surface area contributed by atoms with Gasteiger partial charge in [-0.15, -0.1) is 5.54 Å². The van der Waals surface area contributed by atoms with Crippen LogP contribution in [-0.2, 0) is 28.3 Å². The summed E-state index contributed by atoms with van der Waals surface area (Å²) in [6.07, 6.45) is 0.126. The Bertz CT molecular complexity index is 1440. The van der Waals surface area contributed by atoms with Crippen LogP contribution in [0.4, 0.5) is 0 Å². The summed E-state index contributed by atoms with van der Waals surface area (Å²) in [5.74, 6) is 2.57. The van der Waals surface area contributed by atoms with Gasteiger partial charge >= 0.3 is 5.97 Å². The lowest BCUT2D eigenvalue weighted by Gasteiger charge is -2.31. The number of aromatic nitrogens is 2. The predicted molar refractivity (Wildman–Crippen MR) is 125 cm³/mol. The highest BCUT2D eigenvalue weighted by atomic mass is 28.3. The predicted octanol–water partition coefficient (Wildman–Crippen LogP) is 3.31. The Labute approximate surface area is 186 Å². The molecular weight excluding hydrogens is 420 g/mol. The second kappa shape index (κ2) is 6.89. The van der Waals surface area contributed by atoms with Crippen molar-refractivity contribution in [2.75, 3.05) is 0 Å². The van der Waals surface area contributed by atoms with Crippen LogP contribution in [0.2, 0.25) is 19.6 Å². The molecule has 0 aliphatic carbocycles. The Morgan fingerprint density at radius 3 is 2.72 bits per heavy atom. The summed E-state index contributed by atoms with van der Waals surface area (Å²) in [4.78, 5) is 30.3. The molecule has 1 aromatic carbocycles. The van der Waals surface area contributed by atoms with Crippen LogP contribution in [0, 0.1) is 11.5 Å². The Hall–Kier alpha value is -3.21. The van der Waals surface area contributed by atoms with Crippen molar-refractivity contribution in [3.63, 3.8) is 0 Å². The van der Waals surface area contributed by atoms with Gasteiger partial charge in [0.2, 0.25) is 0 Å². The highest BCUT2D eigenvalue weighted by molar-refractivity contribution is 6.83. The molecule has 2 aliphatic rings. The minimum absolute atomic E-state index is 0.125. The molecule has 0 saturated heterocycles. The van der Waals surface area contributed by atoms with Crippen molar-refractivity contribution >= 4 is 24.9 Å². The summed E-state index contributed by atoms with van der Waals surface area (Å²) in [5, 5.41) is 11.9. The first-order valence-corrected chi connectivity index (χ1v) is 14.2. The maximum atomic E-state index is 13.2. The lowest BCUT2D eigenvalue weighted by atomic mass is 9.86. The molecule has 0 saturated carbocycles. The molecule has 3 aromatic rings. The Morgan fingerprint density at radius 1 is 1.22 bits per heavy atom. The van der Waals surface area contributed by atoms with E-state index in [9.17, 15) is 14.7 Å². The Morgan fingerprint density at radius 2 is 2.00 bits per heavy atom. The van der Waals surface area contributed by atoms with Gasteiger partial charge in [-0.05, 0) is 36.8 Å². The molecule has 0 unspecified atom stereocenters. The van der Waals surface area contributed by atoms with Crippen LogP contribution >= 0.6 is 0 Å². The first-order chi connectivity index (χ1) is 15.1. The molecule has 7 heteroatoms. The van der Waals surface area contributed by atoms with Gasteiger partial charge in [0.05, 0.1) is 29.0 Å². The summed E-state index contributed by atoms with van der Waals surface area (Å²) in [5.41, 5.74) is 6.00. The van der Waals surface area contributed by atoms with Gasteiger partial charge in [-0.2, -0.15) is 0 Å². The molecule has 0 spiro atoms. The van der Waals surface area contributed by atoms with Crippen molar-refractivity contribution in [3.8, 4) is 22.9 Å². The van der Waals surface area contributed by atoms with Crippen molar-refractivity contribution in [2.24, 2.45) is 0 Å². The van der Waals surface area contributed by atoms with E-state index in [1.165, 1.54) is 0 Å². The first kappa shape index (κ1) is 20.7. The smallest absolute Gasteiger partial charge is 0.343 e. The van der Waals surface area contributed by atoms with E-state index < -0.39 is 19.6 Å². The summed E-state index contributed by atoms with van der Waals surface area (Å²) >= 11 is 0. The van der Waals surface area contributed by atoms with Crippen LogP contribution in [0.15, 0.2) is 35.1 Å². The summed E-state index contributed by atoms with van der Waals surface area (Å²) in [6.45, 7) is 8.60. The van der Waals surface area contributed by atoms with Gasteiger partial charge in [0.1, 0.15) is 14.7 Å². The highest BCUT2D eigenvalue weighted by Gasteiger charge is 2.45. The maximum Gasteiger partial charge on any atom is 0.343 e. The number of rotatable bonds is 1. The SMILES string of the molecule is CC[C@@]1(O)C(=O)OCc2c1cc1n(c2=O)Cc2cc3cc(C#C[Si](C)(C)C)ccc3nc2-1. The molecule has 162 valence electrons. The van der Waals surface area contributed by atoms with E-state index in [1.54, 1.807) is 17.6 Å². The van der Waals surface area contributed by atoms with Crippen LogP contribution in [0.3, 0.4) is 0 Å². The molecule has 6 nitrogen and oxygen atoms in total. The molecule has 32 heavy (non-hydrogen) atoms. The van der Waals surface area contributed by atoms with Crippen molar-refractivity contribution < 1.29 is 14.6 Å². The molecule has 0 fully saturated rings. The lowest BCUT2D eigenvalue weighted by Crippen LogP contribution is -2.44. The number of carbonyl (C=O) groups is 1. The standard InChI is InChI=1S/C25H24N2O4Si/c1-5-25(30)19-12-21-22-17(13-27(21)23(28)18(19)14-31-24(25)29)11-16-10-15(6-7-20(16)26-22)8-9-32(2,3)4/h6-7,10-12,30H,5,13-14H2,1-4H3/t25-/m0/s1. The fourth-order valence-corrected chi connectivity index (χ4v) is 4.84. The van der Waals surface area contributed by atoms with Gasteiger partial charge in [-0.3, -0.25) is 4.79 Å². The van der Waals surface area contributed by atoms with Crippen LogP contribution < -0.4 is 5.56 Å². The molecule has 2 aliphatic heterocycles. The Kier molecular flexibility index (Phi) is 4.45. The number of esters is 1. The van der Waals surface area contributed by atoms with Gasteiger partial charge in [-0.1, -0.05) is 32.5 Å². The minimum Gasteiger partial charge on any atom is -0.458 e. The molecule has 1 N–H and O–H groups in total. The number of hydrogen-bond donors (Lipinski definition) is 1. The molecule has 5 rings (SSSR count). The van der Waals surface area contributed by atoms with E-state index in [0.29, 0.717) is 29.1 Å². The second-order valence-electron chi connectivity index (χ2n) is 9.51. The van der Waals surface area contributed by atoms with E-state index in [0.717, 1.165) is 22.0 Å². The van der Waals surface area contributed by atoms with E-state index in [4.69, 9.17) is 9.72 Å². The molecule has 0 radical (unpaired) electrons. The topological polar surface area (TPSA) is 81.4 Å². The zero-order chi connectivity index (χ0) is 22.8. The van der Waals surface area contributed by atoms with Gasteiger partial charge in [-0.25, -0.2) is 9.78 Å². The molecular formula is C25H24N2O4Si. The first-order valence-electron chi connectivity index (χ1n) is 10.7. The van der Waals surface area contributed by atoms with Crippen LogP contribution in [0.1, 0.15) is 35.6 Å². The molecule has 0 amide bonds. The third kappa shape index (κ3) is 3.10. The fraction of sp³-hybridized carbons (Fsp3) is 0.320. The quantitative estimate of drug-likeness (QED) is 0.277. The number of nitrogens with zero attached hydrogens (tertiary/aromatic N) is 2. The van der Waals surface area contributed by atoms with Crippen molar-refractivity contribution in [2.45, 2.75) is 51.7 Å². The van der Waals surface area contributed by atoms with Crippen molar-refractivity contribution in [1.82, 2.24) is 9.55 Å². The third-order valence-corrected chi connectivity index (χ3v) is 6.96. The monoisotopic (exact) mass is 444 g/mol. The molecule has 0 bridgehead atoms. The van der Waals surface area contributed by atoms with Crippen molar-refractivity contribution in [3.05, 3.63) is 62.9 Å². The molecule has 2 aromatic heterocycles. The summed E-state index contributed by atoms with van der Waals surface area (Å²) in [6, 6.07) is 9.74. The number of cyclic esters (lactones) is 1. The molecule has 4 heterocycles. The van der Waals surface area contributed by atoms with Crippen LogP contribution in [-0.4, -0.2) is 28.7 Å². The van der Waals surface area contributed by atoms with Gasteiger partial charge in [0, 0.05) is 22.1 Å². The normalized spacial score (nSPS) is 19.0. The van der Waals surface area contributed by atoms with Gasteiger partial charge < -0.3 is 14.4 Å². The summed E-state index contributed by atoms with van der Waals surface area (Å²) < 4.78 is 6.77. The van der Waals surface area contributed by atoms with Gasteiger partial charge in [0.15, 0.2) is 5.60 Å². The maximum absolute atomic E-state index is 13.2. The van der Waals surface area contributed by atoms with Crippen LogP contribution in [0.25, 0.3) is 22.3 Å². The number of aliphatic hydroxyl groups is 1. The number of benzene rings is 1. The Balaban J connectivity index is 1.66. The van der Waals surface area contributed by atoms with E-state index >= 15 is 0 Å². The number of carbonyl (C=O) groups excluding carboxylic acids is 1. The van der Waals surface area contributed by atoms with Crippen molar-refractivity contribution in [1.29, 1.82) is 0 Å². The van der Waals surface area contributed by atoms with E-state index in [-0.39, 0.29) is 18.6 Å². The number of hydrogen-bond acceptors (Lipinski definition) is 5.